The topological polar surface area (TPSA) is 24.1 Å². The molecule has 0 amide bonds. The van der Waals surface area contributed by atoms with Gasteiger partial charge >= 0.3 is 0 Å². The molecule has 0 spiro atoms. The van der Waals surface area contributed by atoms with Crippen LogP contribution >= 0.6 is 0 Å². The zero-order valence-corrected chi connectivity index (χ0v) is 12.4. The van der Waals surface area contributed by atoms with Gasteiger partial charge in [-0.25, -0.2) is 0 Å². The number of hydrogen-bond acceptors (Lipinski definition) is 2. The van der Waals surface area contributed by atoms with E-state index in [-0.39, 0.29) is 0 Å². The van der Waals surface area contributed by atoms with E-state index >= 15 is 0 Å². The smallest absolute Gasteiger partial charge is 0.0553 e. The maximum atomic E-state index is 3.68. The van der Waals surface area contributed by atoms with E-state index in [0.29, 0.717) is 12.1 Å². The van der Waals surface area contributed by atoms with E-state index in [1.165, 1.54) is 28.1 Å². The predicted molar refractivity (Wildman–Crippen MR) is 86.4 cm³/mol. The summed E-state index contributed by atoms with van der Waals surface area (Å²) in [5.41, 5.74) is 6.45. The molecule has 2 aromatic carbocycles. The molecule has 2 N–H and O–H groups in total. The van der Waals surface area contributed by atoms with Gasteiger partial charge in [-0.1, -0.05) is 35.4 Å². The van der Waals surface area contributed by atoms with Crippen LogP contribution in [0, 0.1) is 13.8 Å². The molecule has 0 saturated heterocycles. The fourth-order valence-electron chi connectivity index (χ4n) is 2.89. The van der Waals surface area contributed by atoms with Gasteiger partial charge < -0.3 is 10.6 Å². The van der Waals surface area contributed by atoms with Crippen LogP contribution in [0.5, 0.6) is 0 Å². The van der Waals surface area contributed by atoms with Gasteiger partial charge in [-0.05, 0) is 51.0 Å². The molecule has 1 aliphatic rings. The van der Waals surface area contributed by atoms with Gasteiger partial charge in [0.2, 0.25) is 0 Å². The molecule has 0 aromatic heterocycles. The summed E-state index contributed by atoms with van der Waals surface area (Å²) in [5, 5.41) is 7.25. The lowest BCUT2D eigenvalue weighted by atomic mass is 9.92. The molecule has 0 unspecified atom stereocenters. The summed E-state index contributed by atoms with van der Waals surface area (Å²) in [6.45, 7) is 6.52. The van der Waals surface area contributed by atoms with Gasteiger partial charge in [0.15, 0.2) is 0 Å². The minimum atomic E-state index is 0.379. The lowest BCUT2D eigenvalue weighted by Gasteiger charge is -2.33. The Hall–Kier alpha value is -1.96. The highest BCUT2D eigenvalue weighted by Gasteiger charge is 2.23. The largest absolute Gasteiger partial charge is 0.382 e. The molecule has 1 heterocycles. The van der Waals surface area contributed by atoms with Crippen molar-refractivity contribution in [2.24, 2.45) is 0 Å². The van der Waals surface area contributed by atoms with Crippen LogP contribution in [-0.4, -0.2) is 6.04 Å². The Bertz CT molecular complexity index is 601. The summed E-state index contributed by atoms with van der Waals surface area (Å²) < 4.78 is 0. The van der Waals surface area contributed by atoms with Crippen molar-refractivity contribution in [1.29, 1.82) is 0 Å². The minimum absolute atomic E-state index is 0.379. The first kappa shape index (κ1) is 13.0. The number of hydrogen-bond donors (Lipinski definition) is 2. The summed E-state index contributed by atoms with van der Waals surface area (Å²) in [6.07, 6.45) is 1.10. The molecule has 3 rings (SSSR count). The zero-order chi connectivity index (χ0) is 14.1. The molecule has 104 valence electrons. The van der Waals surface area contributed by atoms with Crippen LogP contribution in [0.1, 0.15) is 36.1 Å². The molecule has 2 nitrogen and oxygen atoms in total. The SMILES string of the molecule is Cc1ccc(N[C@H]2C[C@H](C)Nc3ccc(C)cc32)cc1. The Morgan fingerprint density at radius 2 is 1.70 bits per heavy atom. The molecular formula is C18H22N2. The first-order valence-corrected chi connectivity index (χ1v) is 7.32. The molecule has 0 aliphatic carbocycles. The predicted octanol–water partition coefficient (Wildman–Crippen LogP) is 4.66. The van der Waals surface area contributed by atoms with Crippen LogP contribution in [0.25, 0.3) is 0 Å². The maximum absolute atomic E-state index is 3.68. The lowest BCUT2D eigenvalue weighted by Crippen LogP contribution is -2.29. The van der Waals surface area contributed by atoms with Gasteiger partial charge in [-0.2, -0.15) is 0 Å². The van der Waals surface area contributed by atoms with Gasteiger partial charge in [0, 0.05) is 17.4 Å². The van der Waals surface area contributed by atoms with Crippen LogP contribution in [0.15, 0.2) is 42.5 Å². The molecule has 20 heavy (non-hydrogen) atoms. The highest BCUT2D eigenvalue weighted by molar-refractivity contribution is 5.59. The molecule has 2 aromatic rings. The van der Waals surface area contributed by atoms with E-state index in [9.17, 15) is 0 Å². The Kier molecular flexibility index (Phi) is 3.39. The average Bonchev–Trinajstić information content (AvgIpc) is 2.42. The minimum Gasteiger partial charge on any atom is -0.382 e. The molecule has 0 saturated carbocycles. The highest BCUT2D eigenvalue weighted by Crippen LogP contribution is 2.35. The van der Waals surface area contributed by atoms with Crippen molar-refractivity contribution in [1.82, 2.24) is 0 Å². The van der Waals surface area contributed by atoms with Crippen LogP contribution in [0.4, 0.5) is 11.4 Å². The van der Waals surface area contributed by atoms with Gasteiger partial charge in [0.1, 0.15) is 0 Å². The first-order valence-electron chi connectivity index (χ1n) is 7.32. The Labute approximate surface area is 121 Å². The summed E-state index contributed by atoms with van der Waals surface area (Å²) >= 11 is 0. The fourth-order valence-corrected chi connectivity index (χ4v) is 2.89. The average molecular weight is 266 g/mol. The van der Waals surface area contributed by atoms with Crippen molar-refractivity contribution in [3.05, 3.63) is 59.2 Å². The Morgan fingerprint density at radius 3 is 2.45 bits per heavy atom. The zero-order valence-electron chi connectivity index (χ0n) is 12.4. The standard InChI is InChI=1S/C18H22N2/c1-12-4-7-15(8-5-12)20-18-11-14(3)19-17-9-6-13(2)10-16(17)18/h4-10,14,18-20H,11H2,1-3H3/t14-,18-/m0/s1. The van der Waals surface area contributed by atoms with Crippen molar-refractivity contribution < 1.29 is 0 Å². The van der Waals surface area contributed by atoms with Crippen molar-refractivity contribution in [3.8, 4) is 0 Å². The number of rotatable bonds is 2. The Morgan fingerprint density at radius 1 is 1.00 bits per heavy atom. The summed E-state index contributed by atoms with van der Waals surface area (Å²) in [6, 6.07) is 16.2. The number of fused-ring (bicyclic) bond motifs is 1. The van der Waals surface area contributed by atoms with Crippen molar-refractivity contribution in [2.75, 3.05) is 10.6 Å². The normalized spacial score (nSPS) is 20.9. The third-order valence-corrected chi connectivity index (χ3v) is 3.97. The summed E-state index contributed by atoms with van der Waals surface area (Å²) in [4.78, 5) is 0. The van der Waals surface area contributed by atoms with Crippen molar-refractivity contribution in [3.63, 3.8) is 0 Å². The molecular weight excluding hydrogens is 244 g/mol. The fraction of sp³-hybridized carbons (Fsp3) is 0.333. The van der Waals surface area contributed by atoms with Crippen LogP contribution in [0.2, 0.25) is 0 Å². The molecule has 0 bridgehead atoms. The number of anilines is 2. The van der Waals surface area contributed by atoms with E-state index in [4.69, 9.17) is 0 Å². The number of benzene rings is 2. The van der Waals surface area contributed by atoms with Crippen molar-refractivity contribution >= 4 is 11.4 Å². The van der Waals surface area contributed by atoms with Crippen LogP contribution in [-0.2, 0) is 0 Å². The van der Waals surface area contributed by atoms with Gasteiger partial charge in [0.25, 0.3) is 0 Å². The maximum Gasteiger partial charge on any atom is 0.0553 e. The van der Waals surface area contributed by atoms with Crippen LogP contribution in [0.3, 0.4) is 0 Å². The molecule has 0 fully saturated rings. The van der Waals surface area contributed by atoms with E-state index in [1.807, 2.05) is 0 Å². The molecule has 2 heteroatoms. The summed E-state index contributed by atoms with van der Waals surface area (Å²) in [7, 11) is 0. The second-order valence-electron chi connectivity index (χ2n) is 5.93. The molecule has 2 atom stereocenters. The van der Waals surface area contributed by atoms with Crippen molar-refractivity contribution in [2.45, 2.75) is 39.3 Å². The summed E-state index contributed by atoms with van der Waals surface area (Å²) in [5.74, 6) is 0. The van der Waals surface area contributed by atoms with E-state index in [2.05, 4.69) is 73.9 Å². The van der Waals surface area contributed by atoms with Gasteiger partial charge in [-0.3, -0.25) is 0 Å². The van der Waals surface area contributed by atoms with Gasteiger partial charge in [-0.15, -0.1) is 0 Å². The number of nitrogens with one attached hydrogen (secondary N) is 2. The van der Waals surface area contributed by atoms with E-state index in [0.717, 1.165) is 6.42 Å². The third kappa shape index (κ3) is 2.64. The quantitative estimate of drug-likeness (QED) is 0.826. The molecule has 0 radical (unpaired) electrons. The van der Waals surface area contributed by atoms with E-state index in [1.54, 1.807) is 0 Å². The first-order chi connectivity index (χ1) is 9.61. The Balaban J connectivity index is 1.90. The second-order valence-corrected chi connectivity index (χ2v) is 5.93. The molecule has 1 aliphatic heterocycles. The monoisotopic (exact) mass is 266 g/mol. The third-order valence-electron chi connectivity index (χ3n) is 3.97. The van der Waals surface area contributed by atoms with Crippen LogP contribution < -0.4 is 10.6 Å². The number of aryl methyl sites for hydroxylation is 2. The second kappa shape index (κ2) is 5.20. The van der Waals surface area contributed by atoms with Gasteiger partial charge in [0.05, 0.1) is 6.04 Å². The lowest BCUT2D eigenvalue weighted by molar-refractivity contribution is 0.599. The highest BCUT2D eigenvalue weighted by atomic mass is 15.0. The van der Waals surface area contributed by atoms with E-state index < -0.39 is 0 Å².